The Morgan fingerprint density at radius 3 is 2.50 bits per heavy atom. The second kappa shape index (κ2) is 4.01. The Hall–Kier alpha value is -1.76. The monoisotopic (exact) mass is 210 g/mol. The summed E-state index contributed by atoms with van der Waals surface area (Å²) in [5.41, 5.74) is 2.69. The van der Waals surface area contributed by atoms with Crippen LogP contribution in [0.2, 0.25) is 0 Å². The molecular weight excluding hydrogens is 196 g/mol. The maximum absolute atomic E-state index is 5.79. The molecule has 0 N–H and O–H groups in total. The van der Waals surface area contributed by atoms with Crippen molar-refractivity contribution in [1.29, 1.82) is 0 Å². The van der Waals surface area contributed by atoms with Gasteiger partial charge in [-0.05, 0) is 23.6 Å². The van der Waals surface area contributed by atoms with Crippen molar-refractivity contribution in [1.82, 2.24) is 0 Å². The van der Waals surface area contributed by atoms with Crippen LogP contribution in [-0.2, 0) is 6.42 Å². The SMILES string of the molecule is c1ccc([C@H]2COc3ccccc3C2)cc1. The van der Waals surface area contributed by atoms with Crippen LogP contribution in [0.4, 0.5) is 0 Å². The highest BCUT2D eigenvalue weighted by Gasteiger charge is 2.20. The fourth-order valence-corrected chi connectivity index (χ4v) is 2.27. The number of ether oxygens (including phenoxy) is 1. The molecule has 1 atom stereocenters. The summed E-state index contributed by atoms with van der Waals surface area (Å²) in [6, 6.07) is 18.9. The van der Waals surface area contributed by atoms with E-state index >= 15 is 0 Å². The molecule has 1 aliphatic heterocycles. The molecule has 80 valence electrons. The van der Waals surface area contributed by atoms with Crippen LogP contribution in [0, 0.1) is 0 Å². The van der Waals surface area contributed by atoms with Crippen LogP contribution in [0.1, 0.15) is 17.0 Å². The van der Waals surface area contributed by atoms with Crippen LogP contribution in [0.5, 0.6) is 5.75 Å². The molecule has 1 heteroatoms. The molecule has 0 fully saturated rings. The number of hydrogen-bond acceptors (Lipinski definition) is 1. The molecule has 0 saturated heterocycles. The van der Waals surface area contributed by atoms with Crippen molar-refractivity contribution in [2.24, 2.45) is 0 Å². The zero-order chi connectivity index (χ0) is 10.8. The Morgan fingerprint density at radius 2 is 1.62 bits per heavy atom. The molecule has 1 nitrogen and oxygen atoms in total. The van der Waals surface area contributed by atoms with Crippen LogP contribution in [0.15, 0.2) is 54.6 Å². The van der Waals surface area contributed by atoms with Crippen LogP contribution in [0.25, 0.3) is 0 Å². The fraction of sp³-hybridized carbons (Fsp3) is 0.200. The van der Waals surface area contributed by atoms with E-state index in [4.69, 9.17) is 4.74 Å². The summed E-state index contributed by atoms with van der Waals surface area (Å²) in [7, 11) is 0. The summed E-state index contributed by atoms with van der Waals surface area (Å²) in [5, 5.41) is 0. The van der Waals surface area contributed by atoms with Gasteiger partial charge in [0.15, 0.2) is 0 Å². The lowest BCUT2D eigenvalue weighted by Crippen LogP contribution is -2.18. The minimum absolute atomic E-state index is 0.496. The smallest absolute Gasteiger partial charge is 0.122 e. The normalized spacial score (nSPS) is 18.6. The average Bonchev–Trinajstić information content (AvgIpc) is 2.39. The van der Waals surface area contributed by atoms with E-state index in [9.17, 15) is 0 Å². The molecule has 1 heterocycles. The van der Waals surface area contributed by atoms with Gasteiger partial charge < -0.3 is 4.74 Å². The first-order chi connectivity index (χ1) is 7.93. The Morgan fingerprint density at radius 1 is 0.875 bits per heavy atom. The highest BCUT2D eigenvalue weighted by atomic mass is 16.5. The Balaban J connectivity index is 1.89. The van der Waals surface area contributed by atoms with Crippen molar-refractivity contribution in [2.45, 2.75) is 12.3 Å². The van der Waals surface area contributed by atoms with Crippen molar-refractivity contribution in [3.8, 4) is 5.75 Å². The van der Waals surface area contributed by atoms with Crippen LogP contribution < -0.4 is 4.74 Å². The Labute approximate surface area is 95.7 Å². The minimum atomic E-state index is 0.496. The minimum Gasteiger partial charge on any atom is -0.493 e. The lowest BCUT2D eigenvalue weighted by Gasteiger charge is -2.25. The van der Waals surface area contributed by atoms with E-state index in [2.05, 4.69) is 48.5 Å². The van der Waals surface area contributed by atoms with E-state index in [1.54, 1.807) is 0 Å². The van der Waals surface area contributed by atoms with E-state index in [1.807, 2.05) is 6.07 Å². The quantitative estimate of drug-likeness (QED) is 0.701. The van der Waals surface area contributed by atoms with Gasteiger partial charge in [0.1, 0.15) is 5.75 Å². The molecule has 0 aromatic heterocycles. The Bertz CT molecular complexity index is 476. The van der Waals surface area contributed by atoms with Crippen molar-refractivity contribution in [3.63, 3.8) is 0 Å². The zero-order valence-electron chi connectivity index (χ0n) is 9.10. The van der Waals surface area contributed by atoms with Gasteiger partial charge in [-0.1, -0.05) is 48.5 Å². The number of hydrogen-bond donors (Lipinski definition) is 0. The molecule has 0 radical (unpaired) electrons. The molecule has 0 spiro atoms. The second-order valence-corrected chi connectivity index (χ2v) is 4.23. The third-order valence-corrected chi connectivity index (χ3v) is 3.15. The fourth-order valence-electron chi connectivity index (χ4n) is 2.27. The van der Waals surface area contributed by atoms with E-state index < -0.39 is 0 Å². The highest BCUT2D eigenvalue weighted by Crippen LogP contribution is 2.31. The summed E-state index contributed by atoms with van der Waals surface area (Å²) >= 11 is 0. The van der Waals surface area contributed by atoms with Crippen LogP contribution >= 0.6 is 0 Å². The van der Waals surface area contributed by atoms with Gasteiger partial charge in [0.25, 0.3) is 0 Å². The standard InChI is InChI=1S/C15H14O/c1-2-6-12(7-3-1)14-10-13-8-4-5-9-15(13)16-11-14/h1-9,14H,10-11H2/t14-/m1/s1. The van der Waals surface area contributed by atoms with Gasteiger partial charge in [-0.3, -0.25) is 0 Å². The van der Waals surface area contributed by atoms with Crippen LogP contribution in [-0.4, -0.2) is 6.61 Å². The Kier molecular flexibility index (Phi) is 2.37. The number of para-hydroxylation sites is 1. The molecule has 3 rings (SSSR count). The number of fused-ring (bicyclic) bond motifs is 1. The molecule has 2 aromatic rings. The van der Waals surface area contributed by atoms with Gasteiger partial charge in [0.2, 0.25) is 0 Å². The third kappa shape index (κ3) is 1.69. The topological polar surface area (TPSA) is 9.23 Å². The first-order valence-electron chi connectivity index (χ1n) is 5.69. The molecule has 0 saturated carbocycles. The molecule has 0 bridgehead atoms. The summed E-state index contributed by atoms with van der Waals surface area (Å²) in [6.45, 7) is 0.793. The molecule has 16 heavy (non-hydrogen) atoms. The maximum Gasteiger partial charge on any atom is 0.122 e. The summed E-state index contributed by atoms with van der Waals surface area (Å²) in [4.78, 5) is 0. The second-order valence-electron chi connectivity index (χ2n) is 4.23. The lowest BCUT2D eigenvalue weighted by atomic mass is 9.90. The van der Waals surface area contributed by atoms with Gasteiger partial charge in [0.05, 0.1) is 6.61 Å². The van der Waals surface area contributed by atoms with Crippen molar-refractivity contribution < 1.29 is 4.74 Å². The van der Waals surface area contributed by atoms with Gasteiger partial charge in [-0.25, -0.2) is 0 Å². The summed E-state index contributed by atoms with van der Waals surface area (Å²) in [5.74, 6) is 1.55. The van der Waals surface area contributed by atoms with E-state index in [1.165, 1.54) is 11.1 Å². The van der Waals surface area contributed by atoms with E-state index in [-0.39, 0.29) is 0 Å². The maximum atomic E-state index is 5.79. The third-order valence-electron chi connectivity index (χ3n) is 3.15. The molecule has 0 aliphatic carbocycles. The first kappa shape index (κ1) is 9.46. The molecular formula is C15H14O. The van der Waals surface area contributed by atoms with E-state index in [0.717, 1.165) is 18.8 Å². The molecule has 1 aliphatic rings. The highest BCUT2D eigenvalue weighted by molar-refractivity contribution is 5.37. The van der Waals surface area contributed by atoms with Crippen molar-refractivity contribution >= 4 is 0 Å². The van der Waals surface area contributed by atoms with Gasteiger partial charge >= 0.3 is 0 Å². The average molecular weight is 210 g/mol. The van der Waals surface area contributed by atoms with Crippen LogP contribution in [0.3, 0.4) is 0 Å². The van der Waals surface area contributed by atoms with Gasteiger partial charge in [-0.15, -0.1) is 0 Å². The number of rotatable bonds is 1. The summed E-state index contributed by atoms with van der Waals surface area (Å²) < 4.78 is 5.79. The first-order valence-corrected chi connectivity index (χ1v) is 5.69. The number of benzene rings is 2. The predicted octanol–water partition coefficient (Wildman–Crippen LogP) is 3.41. The van der Waals surface area contributed by atoms with E-state index in [0.29, 0.717) is 5.92 Å². The molecule has 2 aromatic carbocycles. The largest absolute Gasteiger partial charge is 0.493 e. The predicted molar refractivity (Wildman–Crippen MR) is 64.8 cm³/mol. The van der Waals surface area contributed by atoms with Gasteiger partial charge in [0, 0.05) is 5.92 Å². The lowest BCUT2D eigenvalue weighted by molar-refractivity contribution is 0.262. The van der Waals surface area contributed by atoms with Gasteiger partial charge in [-0.2, -0.15) is 0 Å². The summed E-state index contributed by atoms with van der Waals surface area (Å²) in [6.07, 6.45) is 1.08. The van der Waals surface area contributed by atoms with Crippen molar-refractivity contribution in [2.75, 3.05) is 6.61 Å². The molecule has 0 unspecified atom stereocenters. The zero-order valence-corrected chi connectivity index (χ0v) is 9.10. The van der Waals surface area contributed by atoms with Crippen molar-refractivity contribution in [3.05, 3.63) is 65.7 Å². The molecule has 0 amide bonds.